The lowest BCUT2D eigenvalue weighted by Crippen LogP contribution is -2.41. The molecule has 0 bridgehead atoms. The van der Waals surface area contributed by atoms with Crippen molar-refractivity contribution in [3.05, 3.63) is 125 Å². The smallest absolute Gasteiger partial charge is 0.318 e. The Morgan fingerprint density at radius 2 is 1.68 bits per heavy atom. The Morgan fingerprint density at radius 3 is 2.41 bits per heavy atom. The molecule has 3 aromatic carbocycles. The maximum absolute atomic E-state index is 13.7. The highest BCUT2D eigenvalue weighted by molar-refractivity contribution is 5.76. The van der Waals surface area contributed by atoms with Crippen molar-refractivity contribution in [2.24, 2.45) is 0 Å². The molecule has 0 unspecified atom stereocenters. The summed E-state index contributed by atoms with van der Waals surface area (Å²) in [7, 11) is 0. The van der Waals surface area contributed by atoms with Crippen molar-refractivity contribution >= 4 is 6.03 Å². The second kappa shape index (κ2) is 9.22. The fourth-order valence-corrected chi connectivity index (χ4v) is 4.74. The highest BCUT2D eigenvalue weighted by Gasteiger charge is 2.32. The maximum Gasteiger partial charge on any atom is 0.318 e. The molecule has 1 aromatic heterocycles. The van der Waals surface area contributed by atoms with Crippen molar-refractivity contribution in [1.82, 2.24) is 14.8 Å². The lowest BCUT2D eigenvalue weighted by molar-refractivity contribution is 0.180. The summed E-state index contributed by atoms with van der Waals surface area (Å²) in [5.41, 5.74) is 8.06. The number of fused-ring (bicyclic) bond motifs is 3. The van der Waals surface area contributed by atoms with Crippen molar-refractivity contribution < 1.29 is 4.79 Å². The zero-order valence-corrected chi connectivity index (χ0v) is 20.0. The van der Waals surface area contributed by atoms with Gasteiger partial charge >= 0.3 is 6.03 Å². The summed E-state index contributed by atoms with van der Waals surface area (Å²) < 4.78 is 2.23. The van der Waals surface area contributed by atoms with Crippen molar-refractivity contribution in [3.63, 3.8) is 0 Å². The van der Waals surface area contributed by atoms with Gasteiger partial charge in [-0.1, -0.05) is 86.1 Å². The molecule has 4 nitrogen and oxygen atoms in total. The molecular formula is C30H31N3O. The predicted octanol–water partition coefficient (Wildman–Crippen LogP) is 6.72. The van der Waals surface area contributed by atoms with Crippen LogP contribution in [0.15, 0.2) is 91.1 Å². The van der Waals surface area contributed by atoms with E-state index in [4.69, 9.17) is 0 Å². The number of carbonyl (C=O) groups excluding carboxylic acids is 1. The van der Waals surface area contributed by atoms with Crippen molar-refractivity contribution in [1.29, 1.82) is 0 Å². The number of carbonyl (C=O) groups is 1. The lowest BCUT2D eigenvalue weighted by Gasteiger charge is -2.31. The SMILES string of the molecule is Cc1ccc(CNC(=O)N2Cc3ccccc3-n3cccc3[C@@H]2c2ccc(C(C)C)cc2)cc1. The molecule has 0 aliphatic carbocycles. The minimum Gasteiger partial charge on any atom is -0.334 e. The quantitative estimate of drug-likeness (QED) is 0.369. The van der Waals surface area contributed by atoms with Crippen molar-refractivity contribution in [2.75, 3.05) is 0 Å². The number of aromatic nitrogens is 1. The normalized spacial score (nSPS) is 14.9. The summed E-state index contributed by atoms with van der Waals surface area (Å²) in [6.45, 7) is 7.51. The molecule has 1 aliphatic rings. The van der Waals surface area contributed by atoms with Crippen LogP contribution in [0.2, 0.25) is 0 Å². The number of hydrogen-bond acceptors (Lipinski definition) is 1. The summed E-state index contributed by atoms with van der Waals surface area (Å²) >= 11 is 0. The predicted molar refractivity (Wildman–Crippen MR) is 137 cm³/mol. The molecule has 2 heterocycles. The molecule has 1 aliphatic heterocycles. The topological polar surface area (TPSA) is 37.3 Å². The lowest BCUT2D eigenvalue weighted by atomic mass is 9.97. The first-order valence-electron chi connectivity index (χ1n) is 12.0. The number of hydrogen-bond donors (Lipinski definition) is 1. The van der Waals surface area contributed by atoms with E-state index in [2.05, 4.69) is 116 Å². The second-order valence-electron chi connectivity index (χ2n) is 9.43. The number of nitrogens with one attached hydrogen (secondary N) is 1. The summed E-state index contributed by atoms with van der Waals surface area (Å²) in [5, 5.41) is 3.18. The van der Waals surface area contributed by atoms with Gasteiger partial charge in [-0.05, 0) is 53.3 Å². The van der Waals surface area contributed by atoms with Crippen LogP contribution in [0.4, 0.5) is 4.79 Å². The Hall–Kier alpha value is -3.79. The van der Waals surface area contributed by atoms with E-state index in [0.717, 1.165) is 28.1 Å². The molecule has 4 aromatic rings. The van der Waals surface area contributed by atoms with Crippen LogP contribution < -0.4 is 5.32 Å². The van der Waals surface area contributed by atoms with Crippen LogP contribution >= 0.6 is 0 Å². The fraction of sp³-hybridized carbons (Fsp3) is 0.233. The van der Waals surface area contributed by atoms with Gasteiger partial charge in [-0.15, -0.1) is 0 Å². The molecule has 172 valence electrons. The van der Waals surface area contributed by atoms with E-state index in [-0.39, 0.29) is 12.1 Å². The molecule has 1 N–H and O–H groups in total. The first kappa shape index (κ1) is 22.0. The van der Waals surface area contributed by atoms with Crippen LogP contribution in [0.25, 0.3) is 5.69 Å². The van der Waals surface area contributed by atoms with Gasteiger partial charge in [0.05, 0.1) is 18.3 Å². The molecule has 4 heteroatoms. The molecule has 0 fully saturated rings. The van der Waals surface area contributed by atoms with Crippen LogP contribution in [0, 0.1) is 6.92 Å². The molecule has 5 rings (SSSR count). The van der Waals surface area contributed by atoms with Gasteiger partial charge in [-0.25, -0.2) is 4.79 Å². The standard InChI is InChI=1S/C30H31N3O/c1-21(2)24-14-16-25(17-15-24)29-28-9-6-18-32(28)27-8-5-4-7-26(27)20-33(29)30(34)31-19-23-12-10-22(3)11-13-23/h4-18,21,29H,19-20H2,1-3H3,(H,31,34)/t29-/m0/s1. The monoisotopic (exact) mass is 449 g/mol. The molecular weight excluding hydrogens is 418 g/mol. The minimum atomic E-state index is -0.193. The minimum absolute atomic E-state index is 0.0667. The summed E-state index contributed by atoms with van der Waals surface area (Å²) in [4.78, 5) is 15.7. The van der Waals surface area contributed by atoms with E-state index in [1.807, 2.05) is 11.0 Å². The van der Waals surface area contributed by atoms with Crippen LogP contribution in [0.1, 0.15) is 59.3 Å². The third kappa shape index (κ3) is 4.24. The van der Waals surface area contributed by atoms with E-state index in [9.17, 15) is 4.79 Å². The Kier molecular flexibility index (Phi) is 5.97. The molecule has 1 atom stereocenters. The van der Waals surface area contributed by atoms with E-state index in [1.165, 1.54) is 11.1 Å². The highest BCUT2D eigenvalue weighted by Crippen LogP contribution is 2.37. The molecule has 0 radical (unpaired) electrons. The summed E-state index contributed by atoms with van der Waals surface area (Å²) in [6.07, 6.45) is 2.09. The number of para-hydroxylation sites is 1. The van der Waals surface area contributed by atoms with Gasteiger partial charge in [0, 0.05) is 18.4 Å². The van der Waals surface area contributed by atoms with Gasteiger partial charge in [0.15, 0.2) is 0 Å². The van der Waals surface area contributed by atoms with Gasteiger partial charge in [0.1, 0.15) is 0 Å². The van der Waals surface area contributed by atoms with Crippen LogP contribution in [-0.4, -0.2) is 15.5 Å². The van der Waals surface area contributed by atoms with E-state index >= 15 is 0 Å². The number of amides is 2. The van der Waals surface area contributed by atoms with Crippen LogP contribution in [0.5, 0.6) is 0 Å². The van der Waals surface area contributed by atoms with Crippen LogP contribution in [0.3, 0.4) is 0 Å². The largest absolute Gasteiger partial charge is 0.334 e. The van der Waals surface area contributed by atoms with E-state index in [1.54, 1.807) is 0 Å². The number of urea groups is 1. The van der Waals surface area contributed by atoms with Gasteiger partial charge in [-0.2, -0.15) is 0 Å². The van der Waals surface area contributed by atoms with Gasteiger partial charge in [0.25, 0.3) is 0 Å². The third-order valence-electron chi connectivity index (χ3n) is 6.71. The molecule has 2 amide bonds. The van der Waals surface area contributed by atoms with Crippen molar-refractivity contribution in [3.8, 4) is 5.69 Å². The second-order valence-corrected chi connectivity index (χ2v) is 9.43. The first-order chi connectivity index (χ1) is 16.5. The van der Waals surface area contributed by atoms with E-state index < -0.39 is 0 Å². The highest BCUT2D eigenvalue weighted by atomic mass is 16.2. The average Bonchev–Trinajstić information content (AvgIpc) is 3.28. The summed E-state index contributed by atoms with van der Waals surface area (Å²) in [5.74, 6) is 0.463. The fourth-order valence-electron chi connectivity index (χ4n) is 4.74. The van der Waals surface area contributed by atoms with Gasteiger partial charge in [0.2, 0.25) is 0 Å². The average molecular weight is 450 g/mol. The van der Waals surface area contributed by atoms with Gasteiger partial charge in [-0.3, -0.25) is 0 Å². The zero-order chi connectivity index (χ0) is 23.7. The Balaban J connectivity index is 1.54. The van der Waals surface area contributed by atoms with Crippen LogP contribution in [-0.2, 0) is 13.1 Å². The van der Waals surface area contributed by atoms with Crippen molar-refractivity contribution in [2.45, 2.75) is 45.8 Å². The third-order valence-corrected chi connectivity index (χ3v) is 6.71. The van der Waals surface area contributed by atoms with E-state index in [0.29, 0.717) is 19.0 Å². The molecule has 34 heavy (non-hydrogen) atoms. The molecule has 0 saturated heterocycles. The Morgan fingerprint density at radius 1 is 0.941 bits per heavy atom. The first-order valence-corrected chi connectivity index (χ1v) is 12.0. The molecule has 0 saturated carbocycles. The maximum atomic E-state index is 13.7. The zero-order valence-electron chi connectivity index (χ0n) is 20.0. The van der Waals surface area contributed by atoms with Gasteiger partial charge < -0.3 is 14.8 Å². The number of aryl methyl sites for hydroxylation is 1. The summed E-state index contributed by atoms with van der Waals surface area (Å²) in [6, 6.07) is 29.3. The molecule has 0 spiro atoms. The Labute approximate surface area is 201 Å². The number of benzene rings is 3. The number of nitrogens with zero attached hydrogens (tertiary/aromatic N) is 2. The number of rotatable bonds is 4. The Bertz CT molecular complexity index is 1290.